The number of hydrogen-bond donors (Lipinski definition) is 1. The van der Waals surface area contributed by atoms with Crippen LogP contribution in [0, 0.1) is 0 Å². The van der Waals surface area contributed by atoms with Gasteiger partial charge in [-0.1, -0.05) is 24.3 Å². The van der Waals surface area contributed by atoms with Crippen LogP contribution in [0.2, 0.25) is 0 Å². The van der Waals surface area contributed by atoms with Crippen molar-refractivity contribution in [3.05, 3.63) is 94.6 Å². The van der Waals surface area contributed by atoms with E-state index >= 15 is 0 Å². The number of aryl methyl sites for hydroxylation is 2. The number of benzene rings is 3. The molecule has 190 valence electrons. The first-order valence-electron chi connectivity index (χ1n) is 12.7. The topological polar surface area (TPSA) is 76.1 Å². The summed E-state index contributed by atoms with van der Waals surface area (Å²) in [5.41, 5.74) is 4.28. The quantitative estimate of drug-likeness (QED) is 0.257. The standard InChI is InChI=1S/C31H31NO5/c1-19(2)37-25-15-13-24(14-16-25)32-28(22-9-6-10-26(18-22)36-3)27(30(34)31(32)35)29(33)23-12-11-20-7-4-5-8-21(20)17-23/h6,9-19,28,33H,4-5,7-8H2,1-3H3/b29-27-. The van der Waals surface area contributed by atoms with Crippen molar-refractivity contribution in [1.82, 2.24) is 0 Å². The molecular formula is C31H31NO5. The van der Waals surface area contributed by atoms with Crippen LogP contribution in [-0.2, 0) is 22.4 Å². The van der Waals surface area contributed by atoms with Gasteiger partial charge < -0.3 is 14.6 Å². The largest absolute Gasteiger partial charge is 0.507 e. The number of rotatable bonds is 6. The van der Waals surface area contributed by atoms with Crippen LogP contribution in [0.4, 0.5) is 5.69 Å². The van der Waals surface area contributed by atoms with Crippen molar-refractivity contribution < 1.29 is 24.2 Å². The van der Waals surface area contributed by atoms with E-state index in [0.717, 1.165) is 25.7 Å². The molecule has 0 spiro atoms. The lowest BCUT2D eigenvalue weighted by Gasteiger charge is -2.26. The summed E-state index contributed by atoms with van der Waals surface area (Å²) in [5, 5.41) is 11.5. The SMILES string of the molecule is COc1cccc(C2/C(=C(/O)c3ccc4c(c3)CCCC4)C(=O)C(=O)N2c2ccc(OC(C)C)cc2)c1. The number of amides is 1. The number of fused-ring (bicyclic) bond motifs is 1. The number of aliphatic hydroxyl groups is 1. The lowest BCUT2D eigenvalue weighted by molar-refractivity contribution is -0.132. The molecule has 3 aromatic rings. The highest BCUT2D eigenvalue weighted by Gasteiger charge is 2.47. The number of anilines is 1. The van der Waals surface area contributed by atoms with E-state index in [-0.39, 0.29) is 17.4 Å². The molecule has 1 atom stereocenters. The number of ether oxygens (including phenoxy) is 2. The van der Waals surface area contributed by atoms with E-state index in [1.54, 1.807) is 43.5 Å². The second-order valence-electron chi connectivity index (χ2n) is 9.80. The zero-order valence-electron chi connectivity index (χ0n) is 21.4. The van der Waals surface area contributed by atoms with Crippen LogP contribution in [0.3, 0.4) is 0 Å². The Bertz CT molecular complexity index is 1370. The summed E-state index contributed by atoms with van der Waals surface area (Å²) < 4.78 is 11.2. The summed E-state index contributed by atoms with van der Waals surface area (Å²) in [6.07, 6.45) is 4.21. The van der Waals surface area contributed by atoms with Gasteiger partial charge >= 0.3 is 0 Å². The second-order valence-corrected chi connectivity index (χ2v) is 9.80. The molecule has 1 unspecified atom stereocenters. The molecule has 1 aliphatic heterocycles. The molecule has 6 heteroatoms. The highest BCUT2D eigenvalue weighted by Crippen LogP contribution is 2.43. The van der Waals surface area contributed by atoms with Gasteiger partial charge in [-0.05, 0) is 98.7 Å². The van der Waals surface area contributed by atoms with E-state index in [1.807, 2.05) is 44.2 Å². The van der Waals surface area contributed by atoms with Crippen LogP contribution < -0.4 is 14.4 Å². The third-order valence-electron chi connectivity index (χ3n) is 6.96. The Balaban J connectivity index is 1.65. The van der Waals surface area contributed by atoms with Crippen molar-refractivity contribution in [3.8, 4) is 11.5 Å². The highest BCUT2D eigenvalue weighted by molar-refractivity contribution is 6.51. The molecule has 37 heavy (non-hydrogen) atoms. The first-order chi connectivity index (χ1) is 17.9. The molecule has 5 rings (SSSR count). The van der Waals surface area contributed by atoms with Crippen molar-refractivity contribution >= 4 is 23.1 Å². The van der Waals surface area contributed by atoms with E-state index in [0.29, 0.717) is 28.3 Å². The third kappa shape index (κ3) is 4.71. The first-order valence-corrected chi connectivity index (χ1v) is 12.7. The van der Waals surface area contributed by atoms with Crippen molar-refractivity contribution in [2.45, 2.75) is 51.7 Å². The van der Waals surface area contributed by atoms with Crippen molar-refractivity contribution in [3.63, 3.8) is 0 Å². The molecule has 3 aromatic carbocycles. The molecule has 1 N–H and O–H groups in total. The fourth-order valence-electron chi connectivity index (χ4n) is 5.22. The van der Waals surface area contributed by atoms with Gasteiger partial charge in [0.2, 0.25) is 0 Å². The summed E-state index contributed by atoms with van der Waals surface area (Å²) in [6, 6.07) is 19.3. The number of carbonyl (C=O) groups is 2. The number of ketones is 1. The van der Waals surface area contributed by atoms with Crippen molar-refractivity contribution in [1.29, 1.82) is 0 Å². The lowest BCUT2D eigenvalue weighted by Crippen LogP contribution is -2.29. The summed E-state index contributed by atoms with van der Waals surface area (Å²) in [6.45, 7) is 3.88. The van der Waals surface area contributed by atoms with E-state index < -0.39 is 17.7 Å². The van der Waals surface area contributed by atoms with Gasteiger partial charge in [0.05, 0.1) is 24.8 Å². The summed E-state index contributed by atoms with van der Waals surface area (Å²) in [7, 11) is 1.57. The molecule has 0 radical (unpaired) electrons. The minimum atomic E-state index is -0.817. The van der Waals surface area contributed by atoms with E-state index in [1.165, 1.54) is 16.0 Å². The average Bonchev–Trinajstić information content (AvgIpc) is 3.18. The third-order valence-corrected chi connectivity index (χ3v) is 6.96. The Hall–Kier alpha value is -4.06. The van der Waals surface area contributed by atoms with Gasteiger partial charge in [0, 0.05) is 11.3 Å². The lowest BCUT2D eigenvalue weighted by atomic mass is 9.88. The molecule has 0 saturated carbocycles. The van der Waals surface area contributed by atoms with E-state index in [4.69, 9.17) is 9.47 Å². The smallest absolute Gasteiger partial charge is 0.300 e. The van der Waals surface area contributed by atoms with E-state index in [2.05, 4.69) is 0 Å². The molecule has 1 aliphatic carbocycles. The second kappa shape index (κ2) is 10.1. The Kier molecular flexibility index (Phi) is 6.74. The van der Waals surface area contributed by atoms with Crippen molar-refractivity contribution in [2.24, 2.45) is 0 Å². The van der Waals surface area contributed by atoms with Crippen LogP contribution in [-0.4, -0.2) is 30.0 Å². The van der Waals surface area contributed by atoms with Gasteiger partial charge in [-0.15, -0.1) is 0 Å². The van der Waals surface area contributed by atoms with Crippen LogP contribution >= 0.6 is 0 Å². The Morgan fingerprint density at radius 2 is 1.65 bits per heavy atom. The maximum atomic E-state index is 13.5. The Morgan fingerprint density at radius 1 is 0.919 bits per heavy atom. The van der Waals surface area contributed by atoms with Gasteiger partial charge in [-0.2, -0.15) is 0 Å². The van der Waals surface area contributed by atoms with Gasteiger partial charge in [0.1, 0.15) is 17.3 Å². The average molecular weight is 498 g/mol. The highest BCUT2D eigenvalue weighted by atomic mass is 16.5. The summed E-state index contributed by atoms with van der Waals surface area (Å²) >= 11 is 0. The van der Waals surface area contributed by atoms with Crippen LogP contribution in [0.25, 0.3) is 5.76 Å². The minimum absolute atomic E-state index is 0.00785. The monoisotopic (exact) mass is 497 g/mol. The number of Topliss-reactive ketones (excluding diaryl/α,β-unsaturated/α-hetero) is 1. The van der Waals surface area contributed by atoms with Crippen molar-refractivity contribution in [2.75, 3.05) is 12.0 Å². The van der Waals surface area contributed by atoms with Crippen LogP contribution in [0.5, 0.6) is 11.5 Å². The molecule has 1 fully saturated rings. The van der Waals surface area contributed by atoms with E-state index in [9.17, 15) is 14.7 Å². The zero-order chi connectivity index (χ0) is 26.1. The summed E-state index contributed by atoms with van der Waals surface area (Å²) in [5.74, 6) is -0.308. The molecule has 0 aromatic heterocycles. The fraction of sp³-hybridized carbons (Fsp3) is 0.290. The number of carbonyl (C=O) groups excluding carboxylic acids is 2. The fourth-order valence-corrected chi connectivity index (χ4v) is 5.22. The van der Waals surface area contributed by atoms with Gasteiger partial charge in [-0.25, -0.2) is 0 Å². The first kappa shape index (κ1) is 24.6. The van der Waals surface area contributed by atoms with Crippen LogP contribution in [0.15, 0.2) is 72.3 Å². The van der Waals surface area contributed by atoms with Gasteiger partial charge in [0.15, 0.2) is 0 Å². The minimum Gasteiger partial charge on any atom is -0.507 e. The number of aliphatic hydroxyl groups excluding tert-OH is 1. The number of hydrogen-bond acceptors (Lipinski definition) is 5. The predicted octanol–water partition coefficient (Wildman–Crippen LogP) is 5.99. The normalized spacial score (nSPS) is 18.7. The summed E-state index contributed by atoms with van der Waals surface area (Å²) in [4.78, 5) is 28.4. The number of nitrogens with zero attached hydrogens (tertiary/aromatic N) is 1. The molecule has 2 aliphatic rings. The van der Waals surface area contributed by atoms with Crippen LogP contribution in [0.1, 0.15) is 55.0 Å². The molecule has 1 amide bonds. The molecular weight excluding hydrogens is 466 g/mol. The Morgan fingerprint density at radius 3 is 2.35 bits per heavy atom. The molecule has 1 saturated heterocycles. The Labute approximate surface area is 217 Å². The zero-order valence-corrected chi connectivity index (χ0v) is 21.4. The van der Waals surface area contributed by atoms with Gasteiger partial charge in [-0.3, -0.25) is 14.5 Å². The molecule has 1 heterocycles. The van der Waals surface area contributed by atoms with Gasteiger partial charge in [0.25, 0.3) is 11.7 Å². The molecule has 6 nitrogen and oxygen atoms in total. The maximum absolute atomic E-state index is 13.5. The molecule has 0 bridgehead atoms. The predicted molar refractivity (Wildman–Crippen MR) is 143 cm³/mol. The maximum Gasteiger partial charge on any atom is 0.300 e. The number of methoxy groups -OCH3 is 1.